The summed E-state index contributed by atoms with van der Waals surface area (Å²) in [5.74, 6) is 4.08. The molecule has 3 nitrogen and oxygen atoms in total. The smallest absolute Gasteiger partial charge is 0.305 e. The molecule has 4 aliphatic carbocycles. The number of esters is 1. The second-order valence-electron chi connectivity index (χ2n) is 11.4. The fourth-order valence-corrected chi connectivity index (χ4v) is 8.98. The molecule has 4 unspecified atom stereocenters. The minimum absolute atomic E-state index is 0.0677. The van der Waals surface area contributed by atoms with Gasteiger partial charge in [0.15, 0.2) is 0 Å². The summed E-state index contributed by atoms with van der Waals surface area (Å²) >= 11 is 0. The summed E-state index contributed by atoms with van der Waals surface area (Å²) in [7, 11) is 1.49. The molecule has 28 heavy (non-hydrogen) atoms. The average molecular weight is 391 g/mol. The standard InChI is InChI=1S/C25H42O3/c1-16(8-11-23(27)28-4)18-9-10-19-17-15-22(26)21-7-5-6-13-24(21,2)20(17)12-14-25(18,19)3/h16-22,26H,5-15H2,1-4H3/t16?,17?,18-,19?,20?,21+,22+,24-,25-/m1/s1. The van der Waals surface area contributed by atoms with Crippen molar-refractivity contribution in [1.82, 2.24) is 0 Å². The first-order valence-electron chi connectivity index (χ1n) is 12.1. The highest BCUT2D eigenvalue weighted by Crippen LogP contribution is 2.68. The molecule has 4 rings (SSSR count). The Morgan fingerprint density at radius 3 is 2.54 bits per heavy atom. The normalized spacial score (nSPS) is 48.9. The van der Waals surface area contributed by atoms with E-state index in [0.29, 0.717) is 35.0 Å². The first-order valence-corrected chi connectivity index (χ1v) is 12.1. The molecule has 0 aliphatic heterocycles. The van der Waals surface area contributed by atoms with E-state index in [1.54, 1.807) is 0 Å². The van der Waals surface area contributed by atoms with E-state index in [2.05, 4.69) is 20.8 Å². The number of aliphatic hydroxyl groups excluding tert-OH is 1. The third-order valence-corrected chi connectivity index (χ3v) is 10.4. The van der Waals surface area contributed by atoms with Gasteiger partial charge in [-0.3, -0.25) is 4.79 Å². The molecule has 0 saturated heterocycles. The molecule has 9 atom stereocenters. The molecule has 4 fully saturated rings. The van der Waals surface area contributed by atoms with E-state index in [-0.39, 0.29) is 12.1 Å². The van der Waals surface area contributed by atoms with Gasteiger partial charge in [0, 0.05) is 6.42 Å². The molecule has 4 aliphatic rings. The maximum absolute atomic E-state index is 11.6. The number of methoxy groups -OCH3 is 1. The fourth-order valence-electron chi connectivity index (χ4n) is 8.98. The Balaban J connectivity index is 1.52. The number of fused-ring (bicyclic) bond motifs is 5. The number of rotatable bonds is 4. The zero-order valence-electron chi connectivity index (χ0n) is 18.6. The highest BCUT2D eigenvalue weighted by molar-refractivity contribution is 5.69. The van der Waals surface area contributed by atoms with Gasteiger partial charge in [0.05, 0.1) is 13.2 Å². The van der Waals surface area contributed by atoms with Crippen LogP contribution in [0.3, 0.4) is 0 Å². The maximum Gasteiger partial charge on any atom is 0.305 e. The van der Waals surface area contributed by atoms with E-state index in [4.69, 9.17) is 4.74 Å². The quantitative estimate of drug-likeness (QED) is 0.636. The summed E-state index contributed by atoms with van der Waals surface area (Å²) in [6, 6.07) is 0. The van der Waals surface area contributed by atoms with Crippen LogP contribution in [-0.2, 0) is 9.53 Å². The largest absolute Gasteiger partial charge is 0.469 e. The van der Waals surface area contributed by atoms with E-state index in [0.717, 1.165) is 30.6 Å². The second kappa shape index (κ2) is 7.60. The van der Waals surface area contributed by atoms with Crippen molar-refractivity contribution >= 4 is 5.97 Å². The van der Waals surface area contributed by atoms with E-state index in [1.165, 1.54) is 58.5 Å². The van der Waals surface area contributed by atoms with Crippen molar-refractivity contribution in [2.45, 2.75) is 97.5 Å². The van der Waals surface area contributed by atoms with Crippen LogP contribution < -0.4 is 0 Å². The van der Waals surface area contributed by atoms with Crippen molar-refractivity contribution < 1.29 is 14.6 Å². The average Bonchev–Trinajstić information content (AvgIpc) is 3.03. The van der Waals surface area contributed by atoms with Crippen LogP contribution in [0.1, 0.15) is 91.4 Å². The molecule has 0 radical (unpaired) electrons. The molecule has 4 saturated carbocycles. The van der Waals surface area contributed by atoms with E-state index >= 15 is 0 Å². The predicted octanol–water partition coefficient (Wildman–Crippen LogP) is 5.60. The minimum Gasteiger partial charge on any atom is -0.469 e. The van der Waals surface area contributed by atoms with Gasteiger partial charge in [-0.05, 0) is 97.7 Å². The van der Waals surface area contributed by atoms with Gasteiger partial charge in [-0.15, -0.1) is 0 Å². The van der Waals surface area contributed by atoms with Crippen molar-refractivity contribution in [3.05, 3.63) is 0 Å². The van der Waals surface area contributed by atoms with Crippen LogP contribution in [0, 0.1) is 46.3 Å². The molecule has 0 aromatic heterocycles. The topological polar surface area (TPSA) is 46.5 Å². The summed E-state index contributed by atoms with van der Waals surface area (Å²) in [5, 5.41) is 11.1. The predicted molar refractivity (Wildman–Crippen MR) is 112 cm³/mol. The van der Waals surface area contributed by atoms with Crippen molar-refractivity contribution in [2.24, 2.45) is 46.3 Å². The lowest BCUT2D eigenvalue weighted by Crippen LogP contribution is -2.57. The van der Waals surface area contributed by atoms with Gasteiger partial charge in [-0.2, -0.15) is 0 Å². The number of ether oxygens (including phenoxy) is 1. The first-order chi connectivity index (χ1) is 13.3. The van der Waals surface area contributed by atoms with Gasteiger partial charge >= 0.3 is 5.97 Å². The Labute approximate surface area is 172 Å². The molecular formula is C25H42O3. The zero-order chi connectivity index (χ0) is 20.1. The first kappa shape index (κ1) is 20.7. The number of aliphatic hydroxyl groups is 1. The molecule has 0 aromatic rings. The van der Waals surface area contributed by atoms with E-state index in [1.807, 2.05) is 0 Å². The summed E-state index contributed by atoms with van der Waals surface area (Å²) in [6.07, 6.45) is 13.1. The van der Waals surface area contributed by atoms with Crippen molar-refractivity contribution in [3.63, 3.8) is 0 Å². The Hall–Kier alpha value is -0.570. The SMILES string of the molecule is COC(=O)CCC(C)[C@H]1CCC2C3C[C@H](O)[C@@H]4CCCC[C@]4(C)C3CC[C@@]21C. The Morgan fingerprint density at radius 2 is 1.79 bits per heavy atom. The van der Waals surface area contributed by atoms with Gasteiger partial charge in [0.2, 0.25) is 0 Å². The Kier molecular flexibility index (Phi) is 5.61. The zero-order valence-corrected chi connectivity index (χ0v) is 18.6. The molecule has 160 valence electrons. The Bertz CT molecular complexity index is 588. The van der Waals surface area contributed by atoms with Gasteiger partial charge < -0.3 is 9.84 Å². The van der Waals surface area contributed by atoms with E-state index < -0.39 is 0 Å². The lowest BCUT2D eigenvalue weighted by Gasteiger charge is -2.62. The van der Waals surface area contributed by atoms with E-state index in [9.17, 15) is 9.90 Å². The molecule has 0 aromatic carbocycles. The van der Waals surface area contributed by atoms with Gasteiger partial charge in [0.1, 0.15) is 0 Å². The minimum atomic E-state index is -0.0790. The van der Waals surface area contributed by atoms with Gasteiger partial charge in [-0.25, -0.2) is 0 Å². The fraction of sp³-hybridized carbons (Fsp3) is 0.960. The molecule has 1 N–H and O–H groups in total. The summed E-state index contributed by atoms with van der Waals surface area (Å²) in [4.78, 5) is 11.6. The molecule has 0 spiro atoms. The van der Waals surface area contributed by atoms with Crippen LogP contribution in [0.2, 0.25) is 0 Å². The van der Waals surface area contributed by atoms with Crippen LogP contribution in [0.5, 0.6) is 0 Å². The van der Waals surface area contributed by atoms with Crippen LogP contribution in [0.25, 0.3) is 0 Å². The van der Waals surface area contributed by atoms with Gasteiger partial charge in [-0.1, -0.05) is 33.6 Å². The third kappa shape index (κ3) is 3.15. The molecular weight excluding hydrogens is 348 g/mol. The number of carbonyl (C=O) groups is 1. The third-order valence-electron chi connectivity index (χ3n) is 10.4. The van der Waals surface area contributed by atoms with Crippen LogP contribution >= 0.6 is 0 Å². The maximum atomic E-state index is 11.6. The monoisotopic (exact) mass is 390 g/mol. The molecule has 0 heterocycles. The molecule has 3 heteroatoms. The number of hydrogen-bond donors (Lipinski definition) is 1. The van der Waals surface area contributed by atoms with Crippen molar-refractivity contribution in [2.75, 3.05) is 7.11 Å². The van der Waals surface area contributed by atoms with Crippen LogP contribution in [0.15, 0.2) is 0 Å². The summed E-state index contributed by atoms with van der Waals surface area (Å²) < 4.78 is 4.87. The van der Waals surface area contributed by atoms with Crippen LogP contribution in [0.4, 0.5) is 0 Å². The summed E-state index contributed by atoms with van der Waals surface area (Å²) in [5.41, 5.74) is 0.769. The lowest BCUT2D eigenvalue weighted by atomic mass is 9.44. The van der Waals surface area contributed by atoms with Crippen LogP contribution in [-0.4, -0.2) is 24.3 Å². The summed E-state index contributed by atoms with van der Waals surface area (Å²) in [6.45, 7) is 7.45. The molecule has 0 bridgehead atoms. The number of hydrogen-bond acceptors (Lipinski definition) is 3. The van der Waals surface area contributed by atoms with Crippen molar-refractivity contribution in [3.8, 4) is 0 Å². The highest BCUT2D eigenvalue weighted by atomic mass is 16.5. The number of carbonyl (C=O) groups excluding carboxylic acids is 1. The molecule has 0 amide bonds. The Morgan fingerprint density at radius 1 is 1.04 bits per heavy atom. The highest BCUT2D eigenvalue weighted by Gasteiger charge is 2.61. The second-order valence-corrected chi connectivity index (χ2v) is 11.4. The van der Waals surface area contributed by atoms with Crippen molar-refractivity contribution in [1.29, 1.82) is 0 Å². The van der Waals surface area contributed by atoms with Gasteiger partial charge in [0.25, 0.3) is 0 Å². The lowest BCUT2D eigenvalue weighted by molar-refractivity contribution is -0.159.